The Labute approximate surface area is 179 Å². The molecule has 0 saturated carbocycles. The number of aromatic nitrogens is 2. The highest BCUT2D eigenvalue weighted by molar-refractivity contribution is 7.98. The van der Waals surface area contributed by atoms with Crippen LogP contribution in [-0.4, -0.2) is 46.6 Å². The molecule has 1 aromatic carbocycles. The summed E-state index contributed by atoms with van der Waals surface area (Å²) in [6.45, 7) is 1.62. The van der Waals surface area contributed by atoms with Gasteiger partial charge < -0.3 is 14.1 Å². The first-order valence-electron chi connectivity index (χ1n) is 9.94. The molecule has 1 saturated heterocycles. The summed E-state index contributed by atoms with van der Waals surface area (Å²) in [6, 6.07) is 11.6. The van der Waals surface area contributed by atoms with Crippen LogP contribution in [0.15, 0.2) is 52.3 Å². The molecule has 0 N–H and O–H groups in total. The van der Waals surface area contributed by atoms with Crippen LogP contribution in [0.25, 0.3) is 11.0 Å². The highest BCUT2D eigenvalue weighted by Gasteiger charge is 2.31. The lowest BCUT2D eigenvalue weighted by atomic mass is 10.1. The number of amides is 1. The Morgan fingerprint density at radius 3 is 2.73 bits per heavy atom. The molecule has 0 bridgehead atoms. The largest absolute Gasteiger partial charge is 0.451 e. The Morgan fingerprint density at radius 1 is 1.20 bits per heavy atom. The maximum Gasteiger partial charge on any atom is 0.290 e. The highest BCUT2D eigenvalue weighted by Crippen LogP contribution is 2.32. The van der Waals surface area contributed by atoms with Crippen molar-refractivity contribution >= 4 is 28.6 Å². The lowest BCUT2D eigenvalue weighted by molar-refractivity contribution is 0.0279. The molecule has 1 amide bonds. The van der Waals surface area contributed by atoms with E-state index in [-0.39, 0.29) is 18.4 Å². The predicted octanol–water partition coefficient (Wildman–Crippen LogP) is 4.05. The minimum atomic E-state index is -0.169. The van der Waals surface area contributed by atoms with Gasteiger partial charge in [-0.05, 0) is 25.0 Å². The fourth-order valence-corrected chi connectivity index (χ4v) is 4.49. The number of nitriles is 1. The van der Waals surface area contributed by atoms with Gasteiger partial charge >= 0.3 is 0 Å². The molecule has 0 atom stereocenters. The quantitative estimate of drug-likeness (QED) is 0.419. The number of carbonyl (C=O) groups excluding carboxylic acids is 1. The van der Waals surface area contributed by atoms with Crippen LogP contribution >= 0.6 is 11.8 Å². The maximum absolute atomic E-state index is 13.6. The van der Waals surface area contributed by atoms with Gasteiger partial charge in [0, 0.05) is 54.9 Å². The van der Waals surface area contributed by atoms with E-state index in [1.54, 1.807) is 23.4 Å². The van der Waals surface area contributed by atoms with E-state index in [1.165, 1.54) is 11.8 Å². The van der Waals surface area contributed by atoms with Crippen LogP contribution in [0.1, 0.15) is 35.4 Å². The van der Waals surface area contributed by atoms with Crippen molar-refractivity contribution in [3.05, 3.63) is 54.0 Å². The molecular formula is C22H22N4O3S. The monoisotopic (exact) mass is 422 g/mol. The Hall–Kier alpha value is -2.89. The first kappa shape index (κ1) is 20.4. The van der Waals surface area contributed by atoms with Gasteiger partial charge in [-0.1, -0.05) is 30.0 Å². The van der Waals surface area contributed by atoms with E-state index in [0.717, 1.165) is 23.8 Å². The lowest BCUT2D eigenvalue weighted by Crippen LogP contribution is -2.44. The Bertz CT molecular complexity index is 1040. The zero-order valence-corrected chi connectivity index (χ0v) is 17.3. The van der Waals surface area contributed by atoms with Gasteiger partial charge in [-0.2, -0.15) is 5.26 Å². The number of benzene rings is 1. The second-order valence-corrected chi connectivity index (χ2v) is 7.92. The maximum atomic E-state index is 13.6. The molecule has 0 aliphatic carbocycles. The smallest absolute Gasteiger partial charge is 0.290 e. The molecule has 7 nitrogen and oxygen atoms in total. The second kappa shape index (κ2) is 9.74. The van der Waals surface area contributed by atoms with E-state index in [2.05, 4.69) is 16.0 Å². The summed E-state index contributed by atoms with van der Waals surface area (Å²) in [7, 11) is 0. The van der Waals surface area contributed by atoms with Crippen molar-refractivity contribution in [1.29, 1.82) is 5.26 Å². The van der Waals surface area contributed by atoms with Crippen molar-refractivity contribution in [2.75, 3.05) is 19.8 Å². The van der Waals surface area contributed by atoms with Gasteiger partial charge in [0.05, 0.1) is 12.5 Å². The van der Waals surface area contributed by atoms with Crippen LogP contribution < -0.4 is 0 Å². The summed E-state index contributed by atoms with van der Waals surface area (Å²) in [4.78, 5) is 23.9. The van der Waals surface area contributed by atoms with Crippen LogP contribution in [0.4, 0.5) is 0 Å². The minimum Gasteiger partial charge on any atom is -0.451 e. The molecule has 0 unspecified atom stereocenters. The van der Waals surface area contributed by atoms with Crippen molar-refractivity contribution in [3.63, 3.8) is 0 Å². The standard InChI is InChI=1S/C22H22N4O3S/c23-9-3-12-26(16-7-13-28-14-8-16)21(27)20-18(15-30-22-24-10-4-11-25-22)17-5-1-2-6-19(17)29-20/h1-2,4-6,10-11,16H,3,7-8,12-15H2. The van der Waals surface area contributed by atoms with Crippen molar-refractivity contribution in [2.45, 2.75) is 36.2 Å². The zero-order valence-electron chi connectivity index (χ0n) is 16.5. The summed E-state index contributed by atoms with van der Waals surface area (Å²) in [5.41, 5.74) is 1.51. The number of ether oxygens (including phenoxy) is 1. The van der Waals surface area contributed by atoms with Gasteiger partial charge in [0.1, 0.15) is 5.58 Å². The molecule has 0 radical (unpaired) electrons. The van der Waals surface area contributed by atoms with Gasteiger partial charge in [-0.15, -0.1) is 0 Å². The van der Waals surface area contributed by atoms with Crippen LogP contribution in [0.5, 0.6) is 0 Å². The number of carbonyl (C=O) groups is 1. The number of hydrogen-bond acceptors (Lipinski definition) is 7. The molecule has 1 fully saturated rings. The summed E-state index contributed by atoms with van der Waals surface area (Å²) in [6.07, 6.45) is 5.21. The number of nitrogens with zero attached hydrogens (tertiary/aromatic N) is 4. The normalized spacial score (nSPS) is 14.5. The van der Waals surface area contributed by atoms with E-state index in [4.69, 9.17) is 14.4 Å². The average Bonchev–Trinajstić information content (AvgIpc) is 3.18. The highest BCUT2D eigenvalue weighted by atomic mass is 32.2. The number of fused-ring (bicyclic) bond motifs is 1. The predicted molar refractivity (Wildman–Crippen MR) is 113 cm³/mol. The summed E-state index contributed by atoms with van der Waals surface area (Å²) < 4.78 is 11.5. The average molecular weight is 423 g/mol. The molecule has 0 spiro atoms. The van der Waals surface area contributed by atoms with Crippen molar-refractivity contribution in [2.24, 2.45) is 0 Å². The Morgan fingerprint density at radius 2 is 1.97 bits per heavy atom. The fraction of sp³-hybridized carbons (Fsp3) is 0.364. The van der Waals surface area contributed by atoms with Gasteiger partial charge in [0.2, 0.25) is 0 Å². The Kier molecular flexibility index (Phi) is 6.62. The van der Waals surface area contributed by atoms with Crippen LogP contribution in [0, 0.1) is 11.3 Å². The summed E-state index contributed by atoms with van der Waals surface area (Å²) >= 11 is 1.46. The van der Waals surface area contributed by atoms with Gasteiger partial charge in [-0.25, -0.2) is 9.97 Å². The molecule has 4 rings (SSSR count). The number of rotatable bonds is 7. The van der Waals surface area contributed by atoms with Gasteiger partial charge in [0.15, 0.2) is 10.9 Å². The molecular weight excluding hydrogens is 400 g/mol. The van der Waals surface area contributed by atoms with Crippen LogP contribution in [-0.2, 0) is 10.5 Å². The third-order valence-corrected chi connectivity index (χ3v) is 6.04. The second-order valence-electron chi connectivity index (χ2n) is 6.98. The van der Waals surface area contributed by atoms with E-state index >= 15 is 0 Å². The van der Waals surface area contributed by atoms with E-state index in [9.17, 15) is 4.79 Å². The molecule has 30 heavy (non-hydrogen) atoms. The lowest BCUT2D eigenvalue weighted by Gasteiger charge is -2.33. The topological polar surface area (TPSA) is 92.2 Å². The first-order chi connectivity index (χ1) is 14.8. The third-order valence-electron chi connectivity index (χ3n) is 5.14. The number of hydrogen-bond donors (Lipinski definition) is 0. The third kappa shape index (κ3) is 4.48. The fourth-order valence-electron chi connectivity index (χ4n) is 3.66. The minimum absolute atomic E-state index is 0.0470. The number of thioether (sulfide) groups is 1. The molecule has 8 heteroatoms. The van der Waals surface area contributed by atoms with E-state index in [1.807, 2.05) is 24.3 Å². The molecule has 1 aliphatic rings. The molecule has 154 valence electrons. The van der Waals surface area contributed by atoms with Crippen LogP contribution in [0.2, 0.25) is 0 Å². The van der Waals surface area contributed by atoms with Crippen molar-refractivity contribution < 1.29 is 13.9 Å². The number of furan rings is 1. The van der Waals surface area contributed by atoms with Gasteiger partial charge in [0.25, 0.3) is 5.91 Å². The van der Waals surface area contributed by atoms with Gasteiger partial charge in [-0.3, -0.25) is 4.79 Å². The SMILES string of the molecule is N#CCCN(C(=O)c1oc2ccccc2c1CSc1ncccn1)C1CCOCC1. The zero-order chi connectivity index (χ0) is 20.8. The van der Waals surface area contributed by atoms with Crippen molar-refractivity contribution in [1.82, 2.24) is 14.9 Å². The molecule has 3 aromatic rings. The van der Waals surface area contributed by atoms with E-state index < -0.39 is 0 Å². The van der Waals surface area contributed by atoms with Crippen LogP contribution in [0.3, 0.4) is 0 Å². The first-order valence-corrected chi connectivity index (χ1v) is 10.9. The van der Waals surface area contributed by atoms with Crippen molar-refractivity contribution in [3.8, 4) is 6.07 Å². The molecule has 1 aliphatic heterocycles. The Balaban J connectivity index is 1.66. The summed E-state index contributed by atoms with van der Waals surface area (Å²) in [5.74, 6) is 0.684. The summed E-state index contributed by atoms with van der Waals surface area (Å²) in [5, 5.41) is 10.7. The van der Waals surface area contributed by atoms with E-state index in [0.29, 0.717) is 42.0 Å². The molecule has 2 aromatic heterocycles. The number of para-hydroxylation sites is 1. The molecule has 3 heterocycles.